The molecule has 0 radical (unpaired) electrons. The molecule has 4 heteroatoms. The quantitative estimate of drug-likeness (QED) is 0.819. The van der Waals surface area contributed by atoms with E-state index >= 15 is 0 Å². The van der Waals surface area contributed by atoms with Crippen molar-refractivity contribution in [2.45, 2.75) is 26.3 Å². The Labute approximate surface area is 108 Å². The molecule has 0 aromatic heterocycles. The third kappa shape index (κ3) is 4.75. The molecular formula is C13H19ClN2O. The van der Waals surface area contributed by atoms with Crippen LogP contribution in [-0.4, -0.2) is 19.0 Å². The maximum atomic E-state index is 11.3. The average molecular weight is 255 g/mol. The summed E-state index contributed by atoms with van der Waals surface area (Å²) in [5, 5.41) is 6.80. The van der Waals surface area contributed by atoms with Crippen molar-refractivity contribution in [1.29, 1.82) is 0 Å². The second-order valence-corrected chi connectivity index (χ2v) is 4.31. The fourth-order valence-corrected chi connectivity index (χ4v) is 1.92. The number of carbonyl (C=O) groups excluding carboxylic acids is 1. The van der Waals surface area contributed by atoms with E-state index in [1.165, 1.54) is 0 Å². The molecule has 0 unspecified atom stereocenters. The van der Waals surface area contributed by atoms with E-state index in [4.69, 9.17) is 11.6 Å². The fourth-order valence-electron chi connectivity index (χ4n) is 1.62. The van der Waals surface area contributed by atoms with Crippen LogP contribution >= 0.6 is 11.6 Å². The minimum Gasteiger partial charge on any atom is -0.356 e. The molecule has 1 atom stereocenters. The summed E-state index contributed by atoms with van der Waals surface area (Å²) in [6.45, 7) is 5.29. The van der Waals surface area contributed by atoms with Gasteiger partial charge in [-0.15, -0.1) is 0 Å². The first kappa shape index (κ1) is 14.0. The summed E-state index contributed by atoms with van der Waals surface area (Å²) in [6, 6.07) is 7.89. The summed E-state index contributed by atoms with van der Waals surface area (Å²) >= 11 is 6.09. The van der Waals surface area contributed by atoms with E-state index in [0.29, 0.717) is 19.5 Å². The molecule has 1 aromatic carbocycles. The SMILES string of the molecule is CCNC(=O)CCN[C@H](C)c1ccccc1Cl. The topological polar surface area (TPSA) is 41.1 Å². The number of benzene rings is 1. The molecule has 3 nitrogen and oxygen atoms in total. The van der Waals surface area contributed by atoms with Gasteiger partial charge in [-0.2, -0.15) is 0 Å². The Hall–Kier alpha value is -1.06. The summed E-state index contributed by atoms with van der Waals surface area (Å²) in [7, 11) is 0. The molecule has 0 saturated carbocycles. The lowest BCUT2D eigenvalue weighted by molar-refractivity contribution is -0.120. The van der Waals surface area contributed by atoms with Gasteiger partial charge in [-0.25, -0.2) is 0 Å². The highest BCUT2D eigenvalue weighted by Gasteiger charge is 2.08. The van der Waals surface area contributed by atoms with Gasteiger partial charge >= 0.3 is 0 Å². The minimum atomic E-state index is 0.0753. The van der Waals surface area contributed by atoms with Gasteiger partial charge in [0.25, 0.3) is 0 Å². The van der Waals surface area contributed by atoms with Gasteiger partial charge in [0.2, 0.25) is 5.91 Å². The maximum absolute atomic E-state index is 11.3. The second kappa shape index (κ2) is 7.30. The van der Waals surface area contributed by atoms with Crippen molar-refractivity contribution in [2.75, 3.05) is 13.1 Å². The van der Waals surface area contributed by atoms with Gasteiger partial charge in [-0.1, -0.05) is 29.8 Å². The standard InChI is InChI=1S/C13H19ClN2O/c1-3-15-13(17)8-9-16-10(2)11-6-4-5-7-12(11)14/h4-7,10,16H,3,8-9H2,1-2H3,(H,15,17)/t10-/m1/s1. The number of carbonyl (C=O) groups is 1. The van der Waals surface area contributed by atoms with Crippen molar-refractivity contribution in [3.8, 4) is 0 Å². The summed E-state index contributed by atoms with van der Waals surface area (Å²) < 4.78 is 0. The third-order valence-corrected chi connectivity index (χ3v) is 2.89. The Morgan fingerprint density at radius 2 is 2.12 bits per heavy atom. The zero-order valence-electron chi connectivity index (χ0n) is 10.3. The molecule has 0 aliphatic carbocycles. The normalized spacial score (nSPS) is 12.2. The highest BCUT2D eigenvalue weighted by Crippen LogP contribution is 2.21. The Bertz CT molecular complexity index is 368. The van der Waals surface area contributed by atoms with E-state index in [2.05, 4.69) is 10.6 Å². The van der Waals surface area contributed by atoms with Gasteiger partial charge in [-0.3, -0.25) is 4.79 Å². The van der Waals surface area contributed by atoms with Crippen LogP contribution in [0, 0.1) is 0 Å². The first-order chi connectivity index (χ1) is 8.15. The van der Waals surface area contributed by atoms with Crippen LogP contribution in [0.25, 0.3) is 0 Å². The highest BCUT2D eigenvalue weighted by atomic mass is 35.5. The van der Waals surface area contributed by atoms with Crippen molar-refractivity contribution in [3.05, 3.63) is 34.9 Å². The average Bonchev–Trinajstić information content (AvgIpc) is 2.29. The van der Waals surface area contributed by atoms with Crippen molar-refractivity contribution in [3.63, 3.8) is 0 Å². The van der Waals surface area contributed by atoms with Gasteiger partial charge in [0.1, 0.15) is 0 Å². The summed E-state index contributed by atoms with van der Waals surface area (Å²) in [4.78, 5) is 11.3. The maximum Gasteiger partial charge on any atom is 0.221 e. The van der Waals surface area contributed by atoms with Gasteiger partial charge in [0.15, 0.2) is 0 Å². The molecule has 1 amide bonds. The Balaban J connectivity index is 2.38. The zero-order valence-corrected chi connectivity index (χ0v) is 11.1. The van der Waals surface area contributed by atoms with Crippen LogP contribution in [0.4, 0.5) is 0 Å². The lowest BCUT2D eigenvalue weighted by Gasteiger charge is -2.15. The molecule has 0 aliphatic heterocycles. The molecule has 17 heavy (non-hydrogen) atoms. The van der Waals surface area contributed by atoms with E-state index in [-0.39, 0.29) is 11.9 Å². The van der Waals surface area contributed by atoms with Crippen LogP contribution in [0.1, 0.15) is 31.9 Å². The number of amides is 1. The molecule has 0 bridgehead atoms. The molecule has 1 rings (SSSR count). The monoisotopic (exact) mass is 254 g/mol. The third-order valence-electron chi connectivity index (χ3n) is 2.55. The van der Waals surface area contributed by atoms with E-state index in [0.717, 1.165) is 10.6 Å². The Kier molecular flexibility index (Phi) is 6.01. The zero-order chi connectivity index (χ0) is 12.7. The predicted molar refractivity (Wildman–Crippen MR) is 71.2 cm³/mol. The van der Waals surface area contributed by atoms with Gasteiger partial charge < -0.3 is 10.6 Å². The lowest BCUT2D eigenvalue weighted by Crippen LogP contribution is -2.28. The molecular weight excluding hydrogens is 236 g/mol. The largest absolute Gasteiger partial charge is 0.356 e. The van der Waals surface area contributed by atoms with Crippen molar-refractivity contribution in [1.82, 2.24) is 10.6 Å². The minimum absolute atomic E-state index is 0.0753. The lowest BCUT2D eigenvalue weighted by atomic mass is 10.1. The molecule has 2 N–H and O–H groups in total. The summed E-state index contributed by atoms with van der Waals surface area (Å²) in [5.41, 5.74) is 1.06. The van der Waals surface area contributed by atoms with Gasteiger partial charge in [0, 0.05) is 30.6 Å². The van der Waals surface area contributed by atoms with Crippen LogP contribution in [0.5, 0.6) is 0 Å². The number of hydrogen-bond acceptors (Lipinski definition) is 2. The fraction of sp³-hybridized carbons (Fsp3) is 0.462. The van der Waals surface area contributed by atoms with Crippen molar-refractivity contribution < 1.29 is 4.79 Å². The van der Waals surface area contributed by atoms with Gasteiger partial charge in [0.05, 0.1) is 0 Å². The molecule has 0 spiro atoms. The van der Waals surface area contributed by atoms with Crippen LogP contribution in [-0.2, 0) is 4.79 Å². The first-order valence-electron chi connectivity index (χ1n) is 5.89. The van der Waals surface area contributed by atoms with Crippen molar-refractivity contribution >= 4 is 17.5 Å². The summed E-state index contributed by atoms with van der Waals surface area (Å²) in [6.07, 6.45) is 0.489. The predicted octanol–water partition coefficient (Wildman–Crippen LogP) is 2.52. The molecule has 94 valence electrons. The van der Waals surface area contributed by atoms with E-state index in [1.54, 1.807) is 0 Å². The summed E-state index contributed by atoms with van der Waals surface area (Å²) in [5.74, 6) is 0.0753. The Morgan fingerprint density at radius 3 is 2.76 bits per heavy atom. The number of hydrogen-bond donors (Lipinski definition) is 2. The van der Waals surface area contributed by atoms with Crippen molar-refractivity contribution in [2.24, 2.45) is 0 Å². The number of nitrogens with one attached hydrogen (secondary N) is 2. The highest BCUT2D eigenvalue weighted by molar-refractivity contribution is 6.31. The van der Waals surface area contributed by atoms with E-state index < -0.39 is 0 Å². The Morgan fingerprint density at radius 1 is 1.41 bits per heavy atom. The van der Waals surface area contributed by atoms with E-state index in [9.17, 15) is 4.79 Å². The number of halogens is 1. The number of rotatable bonds is 6. The molecule has 1 aromatic rings. The molecule has 0 heterocycles. The van der Waals surface area contributed by atoms with Crippen LogP contribution in [0.15, 0.2) is 24.3 Å². The van der Waals surface area contributed by atoms with Crippen LogP contribution in [0.2, 0.25) is 5.02 Å². The second-order valence-electron chi connectivity index (χ2n) is 3.90. The van der Waals surface area contributed by atoms with Crippen LogP contribution in [0.3, 0.4) is 0 Å². The molecule has 0 aliphatic rings. The van der Waals surface area contributed by atoms with Gasteiger partial charge in [-0.05, 0) is 25.5 Å². The molecule has 0 saturated heterocycles. The smallest absolute Gasteiger partial charge is 0.221 e. The molecule has 0 fully saturated rings. The van der Waals surface area contributed by atoms with Crippen LogP contribution < -0.4 is 10.6 Å². The first-order valence-corrected chi connectivity index (χ1v) is 6.27. The van der Waals surface area contributed by atoms with E-state index in [1.807, 2.05) is 38.1 Å².